The quantitative estimate of drug-likeness (QED) is 0.810. The minimum absolute atomic E-state index is 0.233. The highest BCUT2D eigenvalue weighted by atomic mass is 16.5. The molecule has 0 aromatic carbocycles. The Labute approximate surface area is 146 Å². The Balaban J connectivity index is 1.67. The third kappa shape index (κ3) is 2.09. The summed E-state index contributed by atoms with van der Waals surface area (Å²) < 4.78 is 5.53. The molecule has 0 amide bonds. The van der Waals surface area contributed by atoms with Gasteiger partial charge in [0.1, 0.15) is 0 Å². The Morgan fingerprint density at radius 1 is 1.08 bits per heavy atom. The molecule has 2 bridgehead atoms. The van der Waals surface area contributed by atoms with Gasteiger partial charge in [0.15, 0.2) is 0 Å². The first-order chi connectivity index (χ1) is 11.4. The largest absolute Gasteiger partial charge is 0.481 e. The van der Waals surface area contributed by atoms with Gasteiger partial charge in [-0.15, -0.1) is 0 Å². The molecular formula is C21H34O3. The summed E-state index contributed by atoms with van der Waals surface area (Å²) in [5.74, 6) is 2.16. The molecule has 1 spiro atoms. The van der Waals surface area contributed by atoms with Crippen LogP contribution in [0.15, 0.2) is 0 Å². The van der Waals surface area contributed by atoms with Crippen LogP contribution in [0.2, 0.25) is 0 Å². The number of ether oxygens (including phenoxy) is 1. The Bertz CT molecular complexity index is 531. The lowest BCUT2D eigenvalue weighted by atomic mass is 9.41. The summed E-state index contributed by atoms with van der Waals surface area (Å²) in [6.07, 6.45) is 11.0. The molecule has 136 valence electrons. The molecule has 4 fully saturated rings. The van der Waals surface area contributed by atoms with Crippen LogP contribution in [0.4, 0.5) is 0 Å². The van der Waals surface area contributed by atoms with Crippen molar-refractivity contribution in [2.45, 2.75) is 71.6 Å². The number of carboxylic acid groups (broad SMARTS) is 1. The average molecular weight is 335 g/mol. The summed E-state index contributed by atoms with van der Waals surface area (Å²) in [6, 6.07) is 0. The maximum atomic E-state index is 12.1. The molecule has 3 nitrogen and oxygen atoms in total. The van der Waals surface area contributed by atoms with Gasteiger partial charge in [-0.25, -0.2) is 0 Å². The molecule has 1 N–H and O–H groups in total. The highest BCUT2D eigenvalue weighted by molar-refractivity contribution is 5.75. The lowest BCUT2D eigenvalue weighted by molar-refractivity contribution is -0.181. The van der Waals surface area contributed by atoms with Gasteiger partial charge < -0.3 is 9.84 Å². The zero-order chi connectivity index (χ0) is 17.2. The number of hydrogen-bond donors (Lipinski definition) is 1. The molecular weight excluding hydrogens is 300 g/mol. The van der Waals surface area contributed by atoms with Crippen LogP contribution < -0.4 is 0 Å². The zero-order valence-corrected chi connectivity index (χ0v) is 15.6. The predicted octanol–water partition coefficient (Wildman–Crippen LogP) is 4.75. The minimum atomic E-state index is -0.549. The number of methoxy groups -OCH3 is 1. The molecule has 4 aliphatic rings. The lowest BCUT2D eigenvalue weighted by Gasteiger charge is -2.63. The van der Waals surface area contributed by atoms with Gasteiger partial charge >= 0.3 is 5.97 Å². The van der Waals surface area contributed by atoms with Gasteiger partial charge in [0.05, 0.1) is 5.41 Å². The van der Waals surface area contributed by atoms with Crippen molar-refractivity contribution in [3.8, 4) is 0 Å². The van der Waals surface area contributed by atoms with Crippen molar-refractivity contribution in [1.82, 2.24) is 0 Å². The average Bonchev–Trinajstić information content (AvgIpc) is 2.78. The van der Waals surface area contributed by atoms with E-state index >= 15 is 0 Å². The molecule has 3 heteroatoms. The smallest absolute Gasteiger partial charge is 0.309 e. The maximum absolute atomic E-state index is 12.1. The number of carbonyl (C=O) groups is 1. The fourth-order valence-corrected chi connectivity index (χ4v) is 8.25. The number of carboxylic acids is 1. The van der Waals surface area contributed by atoms with Crippen LogP contribution >= 0.6 is 0 Å². The fourth-order valence-electron chi connectivity index (χ4n) is 8.25. The van der Waals surface area contributed by atoms with E-state index in [0.717, 1.165) is 43.6 Å². The van der Waals surface area contributed by atoms with Crippen molar-refractivity contribution in [1.29, 1.82) is 0 Å². The van der Waals surface area contributed by atoms with Gasteiger partial charge in [-0.1, -0.05) is 13.3 Å². The second kappa shape index (κ2) is 5.46. The third-order valence-corrected chi connectivity index (χ3v) is 9.14. The van der Waals surface area contributed by atoms with Gasteiger partial charge in [-0.2, -0.15) is 0 Å². The van der Waals surface area contributed by atoms with E-state index in [1.807, 2.05) is 14.0 Å². The van der Waals surface area contributed by atoms with E-state index in [1.165, 1.54) is 38.5 Å². The third-order valence-electron chi connectivity index (χ3n) is 9.14. The molecule has 24 heavy (non-hydrogen) atoms. The monoisotopic (exact) mass is 334 g/mol. The van der Waals surface area contributed by atoms with Crippen LogP contribution in [0.25, 0.3) is 0 Å². The SMILES string of the molecule is COC[C@H]1C[C@@]23CC[C@H]4[C@@](C)(CCC[C@@]4(C)C(=O)O)[C@@H]2CCC1C3. The number of fused-ring (bicyclic) bond motifs is 3. The first-order valence-corrected chi connectivity index (χ1v) is 10.1. The van der Waals surface area contributed by atoms with Gasteiger partial charge in [0, 0.05) is 13.7 Å². The molecule has 1 unspecified atom stereocenters. The fraction of sp³-hybridized carbons (Fsp3) is 0.952. The first-order valence-electron chi connectivity index (χ1n) is 10.1. The van der Waals surface area contributed by atoms with Crippen LogP contribution in [0.1, 0.15) is 71.6 Å². The Morgan fingerprint density at radius 2 is 1.88 bits per heavy atom. The molecule has 0 aliphatic heterocycles. The second-order valence-electron chi connectivity index (χ2n) is 10.0. The standard InChI is InChI=1S/C21H34O3/c1-19-8-4-9-20(2,18(22)23)16(19)7-10-21-11-14(5-6-17(19)21)15(12-21)13-24-3/h14-17H,4-13H2,1-3H3,(H,22,23)/t14?,15-,16+,17+,19-,20-,21+/m1/s1. The molecule has 4 rings (SSSR count). The molecule has 7 atom stereocenters. The molecule has 4 saturated carbocycles. The number of aliphatic carboxylic acids is 1. The summed E-state index contributed by atoms with van der Waals surface area (Å²) in [6.45, 7) is 5.43. The van der Waals surface area contributed by atoms with Crippen LogP contribution in [-0.4, -0.2) is 24.8 Å². The molecule has 0 aromatic heterocycles. The Morgan fingerprint density at radius 3 is 2.58 bits per heavy atom. The number of hydrogen-bond acceptors (Lipinski definition) is 2. The Kier molecular flexibility index (Phi) is 3.84. The van der Waals surface area contributed by atoms with Crippen LogP contribution in [-0.2, 0) is 9.53 Å². The highest BCUT2D eigenvalue weighted by Crippen LogP contribution is 2.72. The van der Waals surface area contributed by atoms with Crippen LogP contribution in [0, 0.1) is 39.9 Å². The van der Waals surface area contributed by atoms with E-state index in [0.29, 0.717) is 11.3 Å². The van der Waals surface area contributed by atoms with E-state index in [9.17, 15) is 9.90 Å². The molecule has 4 aliphatic carbocycles. The Hall–Kier alpha value is -0.570. The number of rotatable bonds is 3. The second-order valence-corrected chi connectivity index (χ2v) is 10.0. The van der Waals surface area contributed by atoms with Crippen molar-refractivity contribution in [2.24, 2.45) is 39.9 Å². The van der Waals surface area contributed by atoms with Crippen molar-refractivity contribution >= 4 is 5.97 Å². The van der Waals surface area contributed by atoms with Gasteiger partial charge in [0.25, 0.3) is 0 Å². The summed E-state index contributed by atoms with van der Waals surface area (Å²) in [5, 5.41) is 9.97. The summed E-state index contributed by atoms with van der Waals surface area (Å²) in [5.41, 5.74) is 0.223. The van der Waals surface area contributed by atoms with Gasteiger partial charge in [0.2, 0.25) is 0 Å². The van der Waals surface area contributed by atoms with E-state index in [2.05, 4.69) is 6.92 Å². The predicted molar refractivity (Wildman–Crippen MR) is 93.7 cm³/mol. The summed E-state index contributed by atoms with van der Waals surface area (Å²) in [7, 11) is 1.84. The molecule has 0 heterocycles. The summed E-state index contributed by atoms with van der Waals surface area (Å²) in [4.78, 5) is 12.1. The van der Waals surface area contributed by atoms with E-state index in [1.54, 1.807) is 0 Å². The lowest BCUT2D eigenvalue weighted by Crippen LogP contribution is -2.58. The summed E-state index contributed by atoms with van der Waals surface area (Å²) >= 11 is 0. The molecule has 0 radical (unpaired) electrons. The van der Waals surface area contributed by atoms with Gasteiger partial charge in [-0.05, 0) is 92.8 Å². The normalized spacial score (nSPS) is 53.3. The topological polar surface area (TPSA) is 46.5 Å². The molecule has 0 aromatic rings. The maximum Gasteiger partial charge on any atom is 0.309 e. The van der Waals surface area contributed by atoms with Crippen molar-refractivity contribution in [3.05, 3.63) is 0 Å². The first kappa shape index (κ1) is 16.9. The van der Waals surface area contributed by atoms with Crippen LogP contribution in [0.3, 0.4) is 0 Å². The van der Waals surface area contributed by atoms with E-state index in [-0.39, 0.29) is 5.41 Å². The van der Waals surface area contributed by atoms with Crippen LogP contribution in [0.5, 0.6) is 0 Å². The van der Waals surface area contributed by atoms with Gasteiger partial charge in [-0.3, -0.25) is 4.79 Å². The highest BCUT2D eigenvalue weighted by Gasteiger charge is 2.65. The molecule has 0 saturated heterocycles. The van der Waals surface area contributed by atoms with E-state index in [4.69, 9.17) is 4.74 Å². The van der Waals surface area contributed by atoms with Crippen molar-refractivity contribution in [3.63, 3.8) is 0 Å². The zero-order valence-electron chi connectivity index (χ0n) is 15.6. The minimum Gasteiger partial charge on any atom is -0.481 e. The van der Waals surface area contributed by atoms with Crippen molar-refractivity contribution < 1.29 is 14.6 Å². The van der Waals surface area contributed by atoms with E-state index < -0.39 is 11.4 Å². The van der Waals surface area contributed by atoms with Crippen molar-refractivity contribution in [2.75, 3.05) is 13.7 Å².